The van der Waals surface area contributed by atoms with Crippen LogP contribution in [0.5, 0.6) is 0 Å². The highest BCUT2D eigenvalue weighted by Gasteiger charge is 2.19. The van der Waals surface area contributed by atoms with E-state index in [-0.39, 0.29) is 5.91 Å². The zero-order valence-corrected chi connectivity index (χ0v) is 13.9. The molecular weight excluding hydrogens is 302 g/mol. The highest BCUT2D eigenvalue weighted by atomic mass is 16.4. The van der Waals surface area contributed by atoms with Crippen molar-refractivity contribution in [3.05, 3.63) is 71.3 Å². The van der Waals surface area contributed by atoms with E-state index in [1.165, 1.54) is 11.1 Å². The molecule has 1 atom stereocenters. The number of carboxylic acid groups (broad SMARTS) is 1. The zero-order chi connectivity index (χ0) is 17.4. The van der Waals surface area contributed by atoms with Gasteiger partial charge in [0.15, 0.2) is 0 Å². The lowest BCUT2D eigenvalue weighted by molar-refractivity contribution is -0.141. The van der Waals surface area contributed by atoms with Crippen molar-refractivity contribution in [1.82, 2.24) is 5.32 Å². The molecule has 2 rings (SSSR count). The van der Waals surface area contributed by atoms with E-state index < -0.39 is 12.0 Å². The van der Waals surface area contributed by atoms with Gasteiger partial charge in [-0.25, -0.2) is 4.79 Å². The first-order chi connectivity index (χ1) is 11.5. The van der Waals surface area contributed by atoms with Gasteiger partial charge in [0.1, 0.15) is 6.04 Å². The average molecular weight is 325 g/mol. The fraction of sp³-hybridized carbons (Fsp3) is 0.300. The summed E-state index contributed by atoms with van der Waals surface area (Å²) in [4.78, 5) is 23.4. The van der Waals surface area contributed by atoms with Crippen LogP contribution in [0.3, 0.4) is 0 Å². The lowest BCUT2D eigenvalue weighted by Crippen LogP contribution is -2.42. The molecule has 126 valence electrons. The van der Waals surface area contributed by atoms with Gasteiger partial charge in [-0.2, -0.15) is 0 Å². The molecule has 0 aliphatic rings. The molecule has 0 radical (unpaired) electrons. The van der Waals surface area contributed by atoms with Crippen molar-refractivity contribution in [2.75, 3.05) is 0 Å². The summed E-state index contributed by atoms with van der Waals surface area (Å²) in [5.41, 5.74) is 3.29. The third kappa shape index (κ3) is 5.88. The molecule has 2 aromatic rings. The van der Waals surface area contributed by atoms with Crippen LogP contribution in [0.15, 0.2) is 54.6 Å². The summed E-state index contributed by atoms with van der Waals surface area (Å²) < 4.78 is 0. The Morgan fingerprint density at radius 1 is 1.00 bits per heavy atom. The van der Waals surface area contributed by atoms with E-state index in [0.29, 0.717) is 19.3 Å². The SMILES string of the molecule is Cc1ccc(CCCC(=O)N[C@H](Cc2ccccc2)C(=O)O)cc1. The Kier molecular flexibility index (Phi) is 6.55. The van der Waals surface area contributed by atoms with Gasteiger partial charge in [-0.1, -0.05) is 60.2 Å². The highest BCUT2D eigenvalue weighted by Crippen LogP contribution is 2.08. The summed E-state index contributed by atoms with van der Waals surface area (Å²) in [7, 11) is 0. The fourth-order valence-electron chi connectivity index (χ4n) is 2.52. The van der Waals surface area contributed by atoms with E-state index >= 15 is 0 Å². The highest BCUT2D eigenvalue weighted by molar-refractivity contribution is 5.83. The molecule has 2 N–H and O–H groups in total. The van der Waals surface area contributed by atoms with Gasteiger partial charge in [0.05, 0.1) is 0 Å². The normalized spacial score (nSPS) is 11.7. The van der Waals surface area contributed by atoms with Crippen LogP contribution in [-0.2, 0) is 22.4 Å². The predicted octanol–water partition coefficient (Wildman–Crippen LogP) is 3.13. The van der Waals surface area contributed by atoms with Crippen molar-refractivity contribution >= 4 is 11.9 Å². The lowest BCUT2D eigenvalue weighted by Gasteiger charge is -2.14. The van der Waals surface area contributed by atoms with Crippen molar-refractivity contribution in [1.29, 1.82) is 0 Å². The molecule has 0 aromatic heterocycles. The average Bonchev–Trinajstić information content (AvgIpc) is 2.57. The van der Waals surface area contributed by atoms with Gasteiger partial charge < -0.3 is 10.4 Å². The van der Waals surface area contributed by atoms with E-state index in [4.69, 9.17) is 0 Å². The van der Waals surface area contributed by atoms with E-state index in [0.717, 1.165) is 12.0 Å². The van der Waals surface area contributed by atoms with Crippen LogP contribution >= 0.6 is 0 Å². The van der Waals surface area contributed by atoms with Crippen LogP contribution in [0.4, 0.5) is 0 Å². The minimum absolute atomic E-state index is 0.217. The number of nitrogens with one attached hydrogen (secondary N) is 1. The number of amides is 1. The van der Waals surface area contributed by atoms with Gasteiger partial charge >= 0.3 is 5.97 Å². The summed E-state index contributed by atoms with van der Waals surface area (Å²) in [6.07, 6.45) is 2.13. The molecule has 0 saturated carbocycles. The molecule has 1 amide bonds. The molecular formula is C20H23NO3. The molecule has 4 heteroatoms. The molecule has 2 aromatic carbocycles. The predicted molar refractivity (Wildman–Crippen MR) is 93.8 cm³/mol. The number of benzene rings is 2. The molecule has 0 heterocycles. The second-order valence-electron chi connectivity index (χ2n) is 5.99. The zero-order valence-electron chi connectivity index (χ0n) is 13.9. The van der Waals surface area contributed by atoms with Crippen molar-refractivity contribution < 1.29 is 14.7 Å². The number of carboxylic acids is 1. The van der Waals surface area contributed by atoms with Crippen molar-refractivity contribution in [2.45, 2.75) is 38.6 Å². The molecule has 0 bridgehead atoms. The standard InChI is InChI=1S/C20H23NO3/c1-15-10-12-16(13-11-15)8-5-9-19(22)21-18(20(23)24)14-17-6-3-2-4-7-17/h2-4,6-7,10-13,18H,5,8-9,14H2,1H3,(H,21,22)(H,23,24)/t18-/m1/s1. The molecule has 0 saturated heterocycles. The van der Waals surface area contributed by atoms with Crippen LogP contribution in [0, 0.1) is 6.92 Å². The first-order valence-corrected chi connectivity index (χ1v) is 8.16. The number of hydrogen-bond donors (Lipinski definition) is 2. The van der Waals surface area contributed by atoms with Crippen molar-refractivity contribution in [3.63, 3.8) is 0 Å². The smallest absolute Gasteiger partial charge is 0.326 e. The van der Waals surface area contributed by atoms with Crippen LogP contribution in [-0.4, -0.2) is 23.0 Å². The van der Waals surface area contributed by atoms with E-state index in [1.807, 2.05) is 37.3 Å². The Hall–Kier alpha value is -2.62. The van der Waals surface area contributed by atoms with Gasteiger partial charge in [0.2, 0.25) is 5.91 Å². The number of carbonyl (C=O) groups excluding carboxylic acids is 1. The quantitative estimate of drug-likeness (QED) is 0.783. The maximum Gasteiger partial charge on any atom is 0.326 e. The van der Waals surface area contributed by atoms with Gasteiger partial charge in [-0.15, -0.1) is 0 Å². The third-order valence-electron chi connectivity index (χ3n) is 3.91. The molecule has 4 nitrogen and oxygen atoms in total. The minimum Gasteiger partial charge on any atom is -0.480 e. The van der Waals surface area contributed by atoms with Gasteiger partial charge in [0.25, 0.3) is 0 Å². The van der Waals surface area contributed by atoms with Gasteiger partial charge in [-0.05, 0) is 30.9 Å². The maximum atomic E-state index is 12.0. The molecule has 0 aliphatic heterocycles. The Labute approximate surface area is 142 Å². The maximum absolute atomic E-state index is 12.0. The molecule has 0 spiro atoms. The van der Waals surface area contributed by atoms with E-state index in [2.05, 4.69) is 29.6 Å². The minimum atomic E-state index is -1.01. The fourth-order valence-corrected chi connectivity index (χ4v) is 2.52. The Morgan fingerprint density at radius 3 is 2.29 bits per heavy atom. The first kappa shape index (κ1) is 17.7. The van der Waals surface area contributed by atoms with E-state index in [9.17, 15) is 14.7 Å². The Bertz CT molecular complexity index is 665. The molecule has 0 aliphatic carbocycles. The summed E-state index contributed by atoms with van der Waals surface area (Å²) in [5, 5.41) is 11.9. The largest absolute Gasteiger partial charge is 0.480 e. The number of hydrogen-bond acceptors (Lipinski definition) is 2. The van der Waals surface area contributed by atoms with Crippen LogP contribution in [0.2, 0.25) is 0 Å². The number of carbonyl (C=O) groups is 2. The summed E-state index contributed by atoms with van der Waals surface area (Å²) in [6, 6.07) is 16.6. The van der Waals surface area contributed by atoms with Crippen LogP contribution < -0.4 is 5.32 Å². The van der Waals surface area contributed by atoms with Crippen molar-refractivity contribution in [3.8, 4) is 0 Å². The monoisotopic (exact) mass is 325 g/mol. The van der Waals surface area contributed by atoms with Crippen molar-refractivity contribution in [2.24, 2.45) is 0 Å². The third-order valence-corrected chi connectivity index (χ3v) is 3.91. The summed E-state index contributed by atoms with van der Waals surface area (Å²) in [5.74, 6) is -1.23. The van der Waals surface area contributed by atoms with Gasteiger partial charge in [0, 0.05) is 12.8 Å². The number of aryl methyl sites for hydroxylation is 2. The second-order valence-corrected chi connectivity index (χ2v) is 5.99. The van der Waals surface area contributed by atoms with Gasteiger partial charge in [-0.3, -0.25) is 4.79 Å². The summed E-state index contributed by atoms with van der Waals surface area (Å²) >= 11 is 0. The van der Waals surface area contributed by atoms with Crippen LogP contribution in [0.25, 0.3) is 0 Å². The second kappa shape index (κ2) is 8.87. The molecule has 0 fully saturated rings. The van der Waals surface area contributed by atoms with E-state index in [1.54, 1.807) is 0 Å². The molecule has 0 unspecified atom stereocenters. The summed E-state index contributed by atoms with van der Waals surface area (Å²) in [6.45, 7) is 2.04. The molecule has 24 heavy (non-hydrogen) atoms. The topological polar surface area (TPSA) is 66.4 Å². The Morgan fingerprint density at radius 2 is 1.67 bits per heavy atom. The lowest BCUT2D eigenvalue weighted by atomic mass is 10.0. The first-order valence-electron chi connectivity index (χ1n) is 8.16. The van der Waals surface area contributed by atoms with Crippen LogP contribution in [0.1, 0.15) is 29.5 Å². The number of rotatable bonds is 8. The Balaban J connectivity index is 1.80. The number of aliphatic carboxylic acids is 1.